The first-order valence-electron chi connectivity index (χ1n) is 12.9. The molecule has 0 heterocycles. The van der Waals surface area contributed by atoms with Crippen molar-refractivity contribution < 1.29 is 37.9 Å². The molecule has 222 valence electrons. The summed E-state index contributed by atoms with van der Waals surface area (Å²) in [4.78, 5) is 60.7. The van der Waals surface area contributed by atoms with Crippen molar-refractivity contribution in [2.75, 3.05) is 19.6 Å². The van der Waals surface area contributed by atoms with Gasteiger partial charge in [0.2, 0.25) is 17.7 Å². The number of carbonyl (C=O) groups is 5. The normalized spacial score (nSPS) is 11.6. The minimum atomic E-state index is -1.23. The molecule has 41 heavy (non-hydrogen) atoms. The van der Waals surface area contributed by atoms with Gasteiger partial charge in [-0.3, -0.25) is 19.2 Å². The summed E-state index contributed by atoms with van der Waals surface area (Å²) < 4.78 is 28.5. The van der Waals surface area contributed by atoms with E-state index in [4.69, 9.17) is 5.11 Å². The van der Waals surface area contributed by atoms with Crippen LogP contribution < -0.4 is 26.6 Å². The van der Waals surface area contributed by atoms with Gasteiger partial charge in [-0.2, -0.15) is 0 Å². The third kappa shape index (κ3) is 11.6. The molecular formula is C28H35F2N5O6. The highest BCUT2D eigenvalue weighted by Gasteiger charge is 2.25. The van der Waals surface area contributed by atoms with Crippen molar-refractivity contribution in [2.24, 2.45) is 0 Å². The van der Waals surface area contributed by atoms with Gasteiger partial charge in [0.05, 0.1) is 12.0 Å². The summed E-state index contributed by atoms with van der Waals surface area (Å²) in [7, 11) is 0. The van der Waals surface area contributed by atoms with E-state index in [1.165, 1.54) is 30.3 Å². The Morgan fingerprint density at radius 1 is 0.854 bits per heavy atom. The Morgan fingerprint density at radius 2 is 1.54 bits per heavy atom. The van der Waals surface area contributed by atoms with Crippen LogP contribution in [0.1, 0.15) is 50.4 Å². The molecule has 1 atom stereocenters. The van der Waals surface area contributed by atoms with Gasteiger partial charge in [-0.25, -0.2) is 13.6 Å². The van der Waals surface area contributed by atoms with Gasteiger partial charge >= 0.3 is 6.09 Å². The molecular weight excluding hydrogens is 540 g/mol. The van der Waals surface area contributed by atoms with Crippen LogP contribution >= 0.6 is 0 Å². The lowest BCUT2D eigenvalue weighted by Crippen LogP contribution is -2.51. The maximum atomic E-state index is 14.4. The maximum absolute atomic E-state index is 14.4. The summed E-state index contributed by atoms with van der Waals surface area (Å²) in [6.45, 7) is 5.09. The zero-order valence-corrected chi connectivity index (χ0v) is 23.1. The number of hydrogen-bond acceptors (Lipinski definition) is 5. The molecule has 0 unspecified atom stereocenters. The van der Waals surface area contributed by atoms with Crippen LogP contribution in [-0.4, -0.2) is 66.0 Å². The Bertz CT molecular complexity index is 1260. The summed E-state index contributed by atoms with van der Waals surface area (Å²) in [5.41, 5.74) is -0.365. The van der Waals surface area contributed by atoms with Crippen molar-refractivity contribution in [3.8, 4) is 11.1 Å². The first-order valence-corrected chi connectivity index (χ1v) is 12.9. The fourth-order valence-electron chi connectivity index (χ4n) is 3.72. The second-order valence-electron chi connectivity index (χ2n) is 10.2. The minimum absolute atomic E-state index is 0.0353. The van der Waals surface area contributed by atoms with E-state index in [2.05, 4.69) is 26.6 Å². The molecule has 0 saturated carbocycles. The lowest BCUT2D eigenvalue weighted by atomic mass is 10.0. The Morgan fingerprint density at radius 3 is 2.20 bits per heavy atom. The molecule has 0 saturated heterocycles. The average Bonchev–Trinajstić information content (AvgIpc) is 2.88. The van der Waals surface area contributed by atoms with Crippen molar-refractivity contribution in [3.63, 3.8) is 0 Å². The Balaban J connectivity index is 1.96. The summed E-state index contributed by atoms with van der Waals surface area (Å²) in [5.74, 6) is -3.84. The molecule has 2 aromatic carbocycles. The van der Waals surface area contributed by atoms with Crippen LogP contribution in [0.4, 0.5) is 13.6 Å². The number of carbonyl (C=O) groups excluding carboxylic acids is 4. The van der Waals surface area contributed by atoms with Crippen LogP contribution in [-0.2, 0) is 14.4 Å². The molecule has 0 aliphatic rings. The van der Waals surface area contributed by atoms with Crippen LogP contribution in [0, 0.1) is 11.6 Å². The van der Waals surface area contributed by atoms with Gasteiger partial charge in [0.15, 0.2) is 0 Å². The van der Waals surface area contributed by atoms with Crippen molar-refractivity contribution in [1.29, 1.82) is 0 Å². The Labute approximate surface area is 236 Å². The number of benzene rings is 2. The van der Waals surface area contributed by atoms with Crippen molar-refractivity contribution in [1.82, 2.24) is 26.6 Å². The van der Waals surface area contributed by atoms with Crippen LogP contribution in [0.5, 0.6) is 0 Å². The number of rotatable bonds is 13. The molecule has 0 radical (unpaired) electrons. The zero-order valence-electron chi connectivity index (χ0n) is 23.1. The topological polar surface area (TPSA) is 166 Å². The average molecular weight is 576 g/mol. The van der Waals surface area contributed by atoms with Crippen LogP contribution in [0.25, 0.3) is 11.1 Å². The highest BCUT2D eigenvalue weighted by molar-refractivity contribution is 5.96. The lowest BCUT2D eigenvalue weighted by Gasteiger charge is -2.23. The SMILES string of the molecule is CC(C)(C)NC(=O)C[C@H](NC(=O)CCCNC(=O)O)C(=O)NCCNC(=O)c1cc(-c2ccccc2F)ccc1F. The van der Waals surface area contributed by atoms with E-state index >= 15 is 0 Å². The molecule has 0 bridgehead atoms. The second-order valence-corrected chi connectivity index (χ2v) is 10.2. The maximum Gasteiger partial charge on any atom is 0.404 e. The Kier molecular flexibility index (Phi) is 12.2. The van der Waals surface area contributed by atoms with E-state index in [0.29, 0.717) is 5.56 Å². The molecule has 0 aliphatic carbocycles. The van der Waals surface area contributed by atoms with Crippen LogP contribution in [0.3, 0.4) is 0 Å². The number of carboxylic acid groups (broad SMARTS) is 1. The molecule has 6 N–H and O–H groups in total. The molecule has 11 nitrogen and oxygen atoms in total. The Hall–Kier alpha value is -4.55. The molecule has 5 amide bonds. The van der Waals surface area contributed by atoms with E-state index in [1.54, 1.807) is 26.8 Å². The lowest BCUT2D eigenvalue weighted by molar-refractivity contribution is -0.132. The fraction of sp³-hybridized carbons (Fsp3) is 0.393. The van der Waals surface area contributed by atoms with Gasteiger partial charge in [-0.05, 0) is 51.0 Å². The van der Waals surface area contributed by atoms with Gasteiger partial charge in [-0.1, -0.05) is 24.3 Å². The van der Waals surface area contributed by atoms with E-state index in [-0.39, 0.29) is 50.0 Å². The van der Waals surface area contributed by atoms with Gasteiger partial charge in [-0.15, -0.1) is 0 Å². The zero-order chi connectivity index (χ0) is 30.6. The van der Waals surface area contributed by atoms with Gasteiger partial charge in [0.25, 0.3) is 5.91 Å². The van der Waals surface area contributed by atoms with Gasteiger partial charge in [0, 0.05) is 37.2 Å². The number of amides is 5. The summed E-state index contributed by atoms with van der Waals surface area (Å²) in [6, 6.07) is 8.30. The van der Waals surface area contributed by atoms with Crippen molar-refractivity contribution in [2.45, 2.75) is 51.6 Å². The number of nitrogens with one attached hydrogen (secondary N) is 5. The summed E-state index contributed by atoms with van der Waals surface area (Å²) >= 11 is 0. The quantitative estimate of drug-likeness (QED) is 0.201. The highest BCUT2D eigenvalue weighted by Crippen LogP contribution is 2.24. The highest BCUT2D eigenvalue weighted by atomic mass is 19.1. The monoisotopic (exact) mass is 575 g/mol. The first kappa shape index (κ1) is 32.7. The van der Waals surface area contributed by atoms with E-state index in [1.807, 2.05) is 0 Å². The molecule has 0 aliphatic heterocycles. The molecule has 13 heteroatoms. The van der Waals surface area contributed by atoms with Crippen molar-refractivity contribution in [3.05, 3.63) is 59.7 Å². The van der Waals surface area contributed by atoms with E-state index < -0.39 is 52.9 Å². The molecule has 0 fully saturated rings. The summed E-state index contributed by atoms with van der Waals surface area (Å²) in [5, 5.41) is 20.9. The van der Waals surface area contributed by atoms with Crippen molar-refractivity contribution >= 4 is 29.7 Å². The largest absolute Gasteiger partial charge is 0.465 e. The van der Waals surface area contributed by atoms with Crippen LogP contribution in [0.15, 0.2) is 42.5 Å². The van der Waals surface area contributed by atoms with E-state index in [0.717, 1.165) is 6.07 Å². The molecule has 2 aromatic rings. The third-order valence-corrected chi connectivity index (χ3v) is 5.52. The molecule has 0 aromatic heterocycles. The number of halogens is 2. The third-order valence-electron chi connectivity index (χ3n) is 5.52. The van der Waals surface area contributed by atoms with Crippen LogP contribution in [0.2, 0.25) is 0 Å². The smallest absolute Gasteiger partial charge is 0.404 e. The van der Waals surface area contributed by atoms with Gasteiger partial charge in [0.1, 0.15) is 17.7 Å². The minimum Gasteiger partial charge on any atom is -0.465 e. The predicted molar refractivity (Wildman–Crippen MR) is 147 cm³/mol. The van der Waals surface area contributed by atoms with E-state index in [9.17, 15) is 32.8 Å². The standard InChI is InChI=1S/C28H35F2N5O6/c1-28(2,3)35-24(37)16-22(34-23(36)9-6-12-33-27(40)41)26(39)32-14-13-31-25(38)19-15-17(10-11-21(19)30)18-7-4-5-8-20(18)29/h4-5,7-8,10-11,15,22,33H,6,9,12-14,16H2,1-3H3,(H,31,38)(H,32,39)(H,34,36)(H,35,37)(H,40,41)/t22-/m0/s1. The second kappa shape index (κ2) is 15.3. The molecule has 0 spiro atoms. The van der Waals surface area contributed by atoms with Gasteiger partial charge < -0.3 is 31.7 Å². The summed E-state index contributed by atoms with van der Waals surface area (Å²) in [6.07, 6.45) is -1.49. The fourth-order valence-corrected chi connectivity index (χ4v) is 3.72. The molecule has 2 rings (SSSR count). The number of hydrogen-bond donors (Lipinski definition) is 6. The predicted octanol–water partition coefficient (Wildman–Crippen LogP) is 2.32. The first-order chi connectivity index (χ1) is 19.3.